The Bertz CT molecular complexity index is 372. The Morgan fingerprint density at radius 2 is 1.86 bits per heavy atom. The summed E-state index contributed by atoms with van der Waals surface area (Å²) in [5.74, 6) is 0.145. The zero-order valence-electron chi connectivity index (χ0n) is 7.01. The predicted octanol–water partition coefficient (Wildman–Crippen LogP) is 0.665. The molecule has 1 rings (SSSR count). The van der Waals surface area contributed by atoms with E-state index in [1.807, 2.05) is 0 Å². The van der Waals surface area contributed by atoms with E-state index >= 15 is 0 Å². The molecule has 74 valence electrons. The minimum atomic E-state index is -3.50. The molecular weight excluding hydrogens is 212 g/mol. The van der Waals surface area contributed by atoms with Gasteiger partial charge in [-0.15, -0.1) is 6.58 Å². The van der Waals surface area contributed by atoms with Gasteiger partial charge >= 0.3 is 33.2 Å². The van der Waals surface area contributed by atoms with Crippen molar-refractivity contribution < 1.29 is 12.6 Å². The first-order valence-electron chi connectivity index (χ1n) is 3.72. The van der Waals surface area contributed by atoms with Gasteiger partial charge < -0.3 is 4.18 Å². The van der Waals surface area contributed by atoms with Crippen molar-refractivity contribution in [2.75, 3.05) is 5.75 Å². The summed E-state index contributed by atoms with van der Waals surface area (Å²) < 4.78 is 27.0. The normalized spacial score (nSPS) is 10.0. The van der Waals surface area contributed by atoms with Gasteiger partial charge in [0, 0.05) is 0 Å². The number of para-hydroxylation sites is 1. The van der Waals surface area contributed by atoms with Gasteiger partial charge in [0.2, 0.25) is 0 Å². The van der Waals surface area contributed by atoms with Crippen LogP contribution in [0.5, 0.6) is 5.75 Å². The zero-order valence-corrected chi connectivity index (χ0v) is 7.83. The minimum Gasteiger partial charge on any atom is -0.382 e. The highest BCUT2D eigenvalue weighted by atomic mass is 32.2. The molecule has 0 fully saturated rings. The minimum absolute atomic E-state index is 0. The molecule has 0 bridgehead atoms. The van der Waals surface area contributed by atoms with Gasteiger partial charge in [-0.25, -0.2) is 0 Å². The van der Waals surface area contributed by atoms with Crippen LogP contribution in [0, 0.1) is 0 Å². The summed E-state index contributed by atoms with van der Waals surface area (Å²) in [6, 6.07) is 8.37. The molecule has 0 saturated heterocycles. The summed E-state index contributed by atoms with van der Waals surface area (Å²) in [7, 11) is -3.50. The average molecular weight is 225 g/mol. The first-order valence-corrected chi connectivity index (χ1v) is 5.30. The fourth-order valence-electron chi connectivity index (χ4n) is 0.801. The predicted molar refractivity (Wildman–Crippen MR) is 59.6 cm³/mol. The van der Waals surface area contributed by atoms with Gasteiger partial charge in [0.1, 0.15) is 11.5 Å². The Morgan fingerprint density at radius 1 is 1.29 bits per heavy atom. The first-order chi connectivity index (χ1) is 6.14. The van der Waals surface area contributed by atoms with Gasteiger partial charge in [-0.2, -0.15) is 8.42 Å². The lowest BCUT2D eigenvalue weighted by Gasteiger charge is -2.03. The highest BCUT2D eigenvalue weighted by Gasteiger charge is 2.08. The second-order valence-corrected chi connectivity index (χ2v) is 4.02. The largest absolute Gasteiger partial charge is 0.382 e. The third-order valence-corrected chi connectivity index (χ3v) is 2.38. The fourth-order valence-corrected chi connectivity index (χ4v) is 1.56. The van der Waals surface area contributed by atoms with Crippen molar-refractivity contribution in [2.24, 2.45) is 0 Å². The maximum absolute atomic E-state index is 11.1. The number of benzene rings is 1. The van der Waals surface area contributed by atoms with E-state index in [-0.39, 0.29) is 28.8 Å². The molecule has 0 aliphatic heterocycles. The van der Waals surface area contributed by atoms with Crippen LogP contribution in [0.25, 0.3) is 0 Å². The van der Waals surface area contributed by atoms with Gasteiger partial charge in [0.05, 0.1) is 0 Å². The van der Waals surface area contributed by atoms with Gasteiger partial charge in [-0.05, 0) is 12.1 Å². The van der Waals surface area contributed by atoms with Gasteiger partial charge in [-0.3, -0.25) is 0 Å². The summed E-state index contributed by atoms with van der Waals surface area (Å²) in [5.41, 5.74) is 0. The third kappa shape index (κ3) is 4.64. The van der Waals surface area contributed by atoms with Crippen LogP contribution >= 0.6 is 0 Å². The van der Waals surface area contributed by atoms with Crippen LogP contribution in [-0.4, -0.2) is 37.2 Å². The molecule has 5 heteroatoms. The highest BCUT2D eigenvalue weighted by Crippen LogP contribution is 2.11. The van der Waals surface area contributed by atoms with E-state index in [1.165, 1.54) is 6.08 Å². The summed E-state index contributed by atoms with van der Waals surface area (Å²) in [5, 5.41) is 0. The molecule has 0 amide bonds. The Kier molecular flexibility index (Phi) is 5.83. The molecule has 0 aliphatic carbocycles. The molecule has 1 aromatic carbocycles. The smallest absolute Gasteiger partial charge is 0.316 e. The molecule has 0 spiro atoms. The Hall–Kier alpha value is -0.524. The van der Waals surface area contributed by atoms with Crippen molar-refractivity contribution in [3.63, 3.8) is 0 Å². The highest BCUT2D eigenvalue weighted by molar-refractivity contribution is 7.87. The lowest BCUT2D eigenvalue weighted by Crippen LogP contribution is -2.11. The number of hydrogen-bond donors (Lipinski definition) is 0. The van der Waals surface area contributed by atoms with Crippen molar-refractivity contribution in [1.82, 2.24) is 0 Å². The zero-order chi connectivity index (χ0) is 9.73. The fraction of sp³-hybridized carbons (Fsp3) is 0.111. The van der Waals surface area contributed by atoms with Crippen molar-refractivity contribution in [2.45, 2.75) is 0 Å². The van der Waals surface area contributed by atoms with E-state index in [0.717, 1.165) is 0 Å². The monoisotopic (exact) mass is 224 g/mol. The first kappa shape index (κ1) is 13.5. The molecule has 0 heterocycles. The molecule has 0 radical (unpaired) electrons. The maximum Gasteiger partial charge on any atom is 0.316 e. The maximum atomic E-state index is 11.1. The van der Waals surface area contributed by atoms with Crippen LogP contribution in [0.1, 0.15) is 0 Å². The van der Waals surface area contributed by atoms with Gasteiger partial charge in [-0.1, -0.05) is 24.3 Å². The van der Waals surface area contributed by atoms with E-state index in [0.29, 0.717) is 5.75 Å². The van der Waals surface area contributed by atoms with Crippen molar-refractivity contribution in [3.8, 4) is 5.75 Å². The second-order valence-electron chi connectivity index (χ2n) is 2.41. The second kappa shape index (κ2) is 6.05. The lowest BCUT2D eigenvalue weighted by atomic mass is 10.3. The Morgan fingerprint density at radius 3 is 2.36 bits per heavy atom. The molecule has 0 aliphatic rings. The molecule has 0 aromatic heterocycles. The van der Waals surface area contributed by atoms with Crippen molar-refractivity contribution >= 4 is 33.2 Å². The summed E-state index contributed by atoms with van der Waals surface area (Å²) in [4.78, 5) is 0. The van der Waals surface area contributed by atoms with E-state index in [4.69, 9.17) is 4.18 Å². The van der Waals surface area contributed by atoms with E-state index in [1.54, 1.807) is 30.3 Å². The third-order valence-electron chi connectivity index (χ3n) is 1.29. The van der Waals surface area contributed by atoms with Crippen LogP contribution in [-0.2, 0) is 10.1 Å². The SMILES string of the molecule is C=CCS(=O)(=O)Oc1ccccc1.[MgH2]. The van der Waals surface area contributed by atoms with Crippen molar-refractivity contribution in [3.05, 3.63) is 43.0 Å². The Balaban J connectivity index is 0.00000169. The molecule has 0 atom stereocenters. The van der Waals surface area contributed by atoms with E-state index in [2.05, 4.69) is 6.58 Å². The van der Waals surface area contributed by atoms with Crippen LogP contribution in [0.15, 0.2) is 43.0 Å². The number of rotatable bonds is 4. The molecule has 1 aromatic rings. The van der Waals surface area contributed by atoms with Gasteiger partial charge in [0.25, 0.3) is 0 Å². The molecule has 14 heavy (non-hydrogen) atoms. The quantitative estimate of drug-likeness (QED) is 0.429. The summed E-state index contributed by atoms with van der Waals surface area (Å²) in [6.07, 6.45) is 1.29. The number of hydrogen-bond acceptors (Lipinski definition) is 3. The van der Waals surface area contributed by atoms with Gasteiger partial charge in [0.15, 0.2) is 0 Å². The van der Waals surface area contributed by atoms with E-state index < -0.39 is 10.1 Å². The summed E-state index contributed by atoms with van der Waals surface area (Å²) in [6.45, 7) is 3.33. The lowest BCUT2D eigenvalue weighted by molar-refractivity contribution is 0.489. The van der Waals surface area contributed by atoms with Crippen LogP contribution < -0.4 is 4.18 Å². The van der Waals surface area contributed by atoms with Crippen LogP contribution in [0.3, 0.4) is 0 Å². The van der Waals surface area contributed by atoms with Crippen molar-refractivity contribution in [1.29, 1.82) is 0 Å². The van der Waals surface area contributed by atoms with Crippen LogP contribution in [0.4, 0.5) is 0 Å². The molecular formula is C9H12MgO3S. The molecule has 0 saturated carbocycles. The summed E-state index contributed by atoms with van der Waals surface area (Å²) >= 11 is 0. The topological polar surface area (TPSA) is 43.4 Å². The molecule has 3 nitrogen and oxygen atoms in total. The Labute approximate surface area is 100 Å². The van der Waals surface area contributed by atoms with Crippen LogP contribution in [0.2, 0.25) is 0 Å². The standard InChI is InChI=1S/C9H10O3S.Mg.2H/c1-2-8-13(10,11)12-9-6-4-3-5-7-9;;;/h2-7H,1,8H2;;;. The molecule has 0 N–H and O–H groups in total. The average Bonchev–Trinajstić information content (AvgIpc) is 2.04. The van der Waals surface area contributed by atoms with E-state index in [9.17, 15) is 8.42 Å². The molecule has 0 unspecified atom stereocenters.